The Balaban J connectivity index is 1.52. The number of thioether (sulfide) groups is 1. The highest BCUT2D eigenvalue weighted by atomic mass is 32.2. The molecule has 3 aromatic rings. The third kappa shape index (κ3) is 5.70. The Morgan fingerprint density at radius 2 is 1.71 bits per heavy atom. The van der Waals surface area contributed by atoms with Gasteiger partial charge in [0, 0.05) is 11.4 Å². The van der Waals surface area contributed by atoms with Crippen LogP contribution in [-0.2, 0) is 4.79 Å². The Hall–Kier alpha value is -2.64. The highest BCUT2D eigenvalue weighted by molar-refractivity contribution is 7.99. The van der Waals surface area contributed by atoms with E-state index in [9.17, 15) is 4.79 Å². The van der Waals surface area contributed by atoms with Gasteiger partial charge in [0.1, 0.15) is 0 Å². The second-order valence-corrected chi connectivity index (χ2v) is 9.96. The van der Waals surface area contributed by atoms with E-state index >= 15 is 0 Å². The summed E-state index contributed by atoms with van der Waals surface area (Å²) in [6.07, 6.45) is 4.78. The number of carbonyl (C=O) groups is 1. The molecule has 2 heterocycles. The maximum Gasteiger partial charge on any atom is 0.234 e. The van der Waals surface area contributed by atoms with Crippen LogP contribution in [0.2, 0.25) is 0 Å². The number of amides is 1. The molecule has 34 heavy (non-hydrogen) atoms. The monoisotopic (exact) mass is 477 g/mol. The van der Waals surface area contributed by atoms with Gasteiger partial charge in [-0.05, 0) is 69.0 Å². The van der Waals surface area contributed by atoms with E-state index in [1.807, 2.05) is 36.4 Å². The number of rotatable bonds is 9. The molecule has 1 saturated heterocycles. The maximum atomic E-state index is 12.9. The summed E-state index contributed by atoms with van der Waals surface area (Å²) < 4.78 is 2.12. The molecule has 2 atom stereocenters. The zero-order valence-corrected chi connectivity index (χ0v) is 21.2. The molecule has 1 aliphatic heterocycles. The maximum absolute atomic E-state index is 12.9. The molecule has 1 aromatic heterocycles. The minimum Gasteiger partial charge on any atom is -0.325 e. The number of para-hydroxylation sites is 2. The minimum absolute atomic E-state index is 0.0333. The average Bonchev–Trinajstić information content (AvgIpc) is 3.32. The van der Waals surface area contributed by atoms with Crippen molar-refractivity contribution < 1.29 is 4.79 Å². The largest absolute Gasteiger partial charge is 0.325 e. The van der Waals surface area contributed by atoms with E-state index in [4.69, 9.17) is 0 Å². The molecule has 1 aliphatic rings. The summed E-state index contributed by atoms with van der Waals surface area (Å²) in [5.41, 5.74) is 3.09. The van der Waals surface area contributed by atoms with E-state index in [2.05, 4.69) is 64.0 Å². The second kappa shape index (κ2) is 11.7. The van der Waals surface area contributed by atoms with Gasteiger partial charge >= 0.3 is 0 Å². The molecule has 4 rings (SSSR count). The molecular formula is C27H35N5OS. The predicted molar refractivity (Wildman–Crippen MR) is 140 cm³/mol. The number of nitrogens with one attached hydrogen (secondary N) is 1. The van der Waals surface area contributed by atoms with Crippen molar-refractivity contribution in [3.05, 3.63) is 66.0 Å². The van der Waals surface area contributed by atoms with Gasteiger partial charge in [-0.15, -0.1) is 10.2 Å². The van der Waals surface area contributed by atoms with Crippen LogP contribution in [0.1, 0.15) is 69.8 Å². The van der Waals surface area contributed by atoms with Crippen LogP contribution in [0.15, 0.2) is 59.8 Å². The second-order valence-electron chi connectivity index (χ2n) is 9.02. The van der Waals surface area contributed by atoms with Gasteiger partial charge in [0.2, 0.25) is 5.91 Å². The summed E-state index contributed by atoms with van der Waals surface area (Å²) in [7, 11) is 0. The molecule has 1 N–H and O–H groups in total. The standard InChI is InChI=1S/C27H35N5OS/c1-4-20(2)23-15-9-10-16-24(23)28-25(33)19-34-27-30-29-26(21(3)31-17-11-6-12-18-31)32(27)22-13-7-5-8-14-22/h5,7-10,13-16,20-21H,4,6,11-12,17-19H2,1-3H3,(H,28,33)/t20-,21-/m1/s1. The lowest BCUT2D eigenvalue weighted by atomic mass is 9.97. The normalized spacial score (nSPS) is 16.2. The van der Waals surface area contributed by atoms with E-state index in [1.54, 1.807) is 0 Å². The Bertz CT molecular complexity index is 1080. The van der Waals surface area contributed by atoms with Gasteiger partial charge in [-0.25, -0.2) is 0 Å². The lowest BCUT2D eigenvalue weighted by Gasteiger charge is -2.31. The number of carbonyl (C=O) groups excluding carboxylic acids is 1. The quantitative estimate of drug-likeness (QED) is 0.380. The van der Waals surface area contributed by atoms with Gasteiger partial charge in [0.15, 0.2) is 11.0 Å². The van der Waals surface area contributed by atoms with Gasteiger partial charge in [0.05, 0.1) is 11.8 Å². The van der Waals surface area contributed by atoms with Crippen molar-refractivity contribution in [2.45, 2.75) is 63.6 Å². The number of hydrogen-bond acceptors (Lipinski definition) is 5. The third-order valence-electron chi connectivity index (χ3n) is 6.70. The van der Waals surface area contributed by atoms with Gasteiger partial charge < -0.3 is 5.32 Å². The molecule has 0 aliphatic carbocycles. The number of benzene rings is 2. The molecular weight excluding hydrogens is 442 g/mol. The van der Waals surface area contributed by atoms with Crippen LogP contribution in [0, 0.1) is 0 Å². The zero-order chi connectivity index (χ0) is 23.9. The van der Waals surface area contributed by atoms with Crippen LogP contribution < -0.4 is 5.32 Å². The minimum atomic E-state index is -0.0333. The van der Waals surface area contributed by atoms with Crippen molar-refractivity contribution in [3.8, 4) is 5.69 Å². The average molecular weight is 478 g/mol. The van der Waals surface area contributed by atoms with E-state index in [1.165, 1.54) is 36.6 Å². The highest BCUT2D eigenvalue weighted by Gasteiger charge is 2.25. The summed E-state index contributed by atoms with van der Waals surface area (Å²) in [6.45, 7) is 8.74. The zero-order valence-electron chi connectivity index (χ0n) is 20.4. The van der Waals surface area contributed by atoms with Gasteiger partial charge in [-0.2, -0.15) is 0 Å². The molecule has 0 spiro atoms. The predicted octanol–water partition coefficient (Wildman–Crippen LogP) is 6.06. The van der Waals surface area contributed by atoms with E-state index in [0.29, 0.717) is 5.92 Å². The van der Waals surface area contributed by atoms with Crippen molar-refractivity contribution in [2.75, 3.05) is 24.2 Å². The van der Waals surface area contributed by atoms with Crippen LogP contribution >= 0.6 is 11.8 Å². The fraction of sp³-hybridized carbons (Fsp3) is 0.444. The molecule has 7 heteroatoms. The molecule has 6 nitrogen and oxygen atoms in total. The number of anilines is 1. The number of likely N-dealkylation sites (tertiary alicyclic amines) is 1. The number of hydrogen-bond donors (Lipinski definition) is 1. The van der Waals surface area contributed by atoms with Crippen molar-refractivity contribution in [1.82, 2.24) is 19.7 Å². The summed E-state index contributed by atoms with van der Waals surface area (Å²) >= 11 is 1.43. The Labute approximate surface area is 207 Å². The molecule has 2 aromatic carbocycles. The first kappa shape index (κ1) is 24.5. The van der Waals surface area contributed by atoms with Crippen LogP contribution in [0.4, 0.5) is 5.69 Å². The number of aromatic nitrogens is 3. The summed E-state index contributed by atoms with van der Waals surface area (Å²) in [5, 5.41) is 13.0. The molecule has 1 amide bonds. The summed E-state index contributed by atoms with van der Waals surface area (Å²) in [6, 6.07) is 18.4. The Morgan fingerprint density at radius 1 is 1.00 bits per heavy atom. The first-order valence-electron chi connectivity index (χ1n) is 12.3. The van der Waals surface area contributed by atoms with E-state index in [0.717, 1.165) is 41.9 Å². The summed E-state index contributed by atoms with van der Waals surface area (Å²) in [5.74, 6) is 1.56. The summed E-state index contributed by atoms with van der Waals surface area (Å²) in [4.78, 5) is 15.4. The highest BCUT2D eigenvalue weighted by Crippen LogP contribution is 2.30. The fourth-order valence-corrected chi connectivity index (χ4v) is 5.27. The lowest BCUT2D eigenvalue weighted by Crippen LogP contribution is -2.33. The van der Waals surface area contributed by atoms with Crippen molar-refractivity contribution >= 4 is 23.4 Å². The molecule has 1 fully saturated rings. The van der Waals surface area contributed by atoms with Crippen molar-refractivity contribution in [2.24, 2.45) is 0 Å². The molecule has 0 unspecified atom stereocenters. The van der Waals surface area contributed by atoms with E-state index < -0.39 is 0 Å². The first-order chi connectivity index (χ1) is 16.6. The van der Waals surface area contributed by atoms with Gasteiger partial charge in [-0.1, -0.05) is 68.4 Å². The molecule has 0 bridgehead atoms. The van der Waals surface area contributed by atoms with Crippen molar-refractivity contribution in [1.29, 1.82) is 0 Å². The fourth-order valence-electron chi connectivity index (χ4n) is 4.51. The van der Waals surface area contributed by atoms with Gasteiger partial charge in [-0.3, -0.25) is 14.3 Å². The number of nitrogens with zero attached hydrogens (tertiary/aromatic N) is 4. The molecule has 0 saturated carbocycles. The van der Waals surface area contributed by atoms with E-state index in [-0.39, 0.29) is 17.7 Å². The first-order valence-corrected chi connectivity index (χ1v) is 13.3. The Kier molecular flexibility index (Phi) is 8.40. The van der Waals surface area contributed by atoms with Crippen LogP contribution in [0.3, 0.4) is 0 Å². The number of piperidine rings is 1. The van der Waals surface area contributed by atoms with Crippen LogP contribution in [0.5, 0.6) is 0 Å². The Morgan fingerprint density at radius 3 is 2.44 bits per heavy atom. The molecule has 0 radical (unpaired) electrons. The SMILES string of the molecule is CC[C@@H](C)c1ccccc1NC(=O)CSc1nnc([C@@H](C)N2CCCCC2)n1-c1ccccc1. The topological polar surface area (TPSA) is 63.1 Å². The van der Waals surface area contributed by atoms with Crippen molar-refractivity contribution in [3.63, 3.8) is 0 Å². The van der Waals surface area contributed by atoms with Crippen LogP contribution in [0.25, 0.3) is 5.69 Å². The third-order valence-corrected chi connectivity index (χ3v) is 7.62. The van der Waals surface area contributed by atoms with Crippen LogP contribution in [-0.4, -0.2) is 44.4 Å². The van der Waals surface area contributed by atoms with Gasteiger partial charge in [0.25, 0.3) is 0 Å². The smallest absolute Gasteiger partial charge is 0.234 e. The lowest BCUT2D eigenvalue weighted by molar-refractivity contribution is -0.113. The molecule has 180 valence electrons.